The molecule has 1 heterocycles. The van der Waals surface area contributed by atoms with Crippen LogP contribution >= 0.6 is 0 Å². The molecule has 1 saturated carbocycles. The number of carbonyl (C=O) groups excluding carboxylic acids is 4. The van der Waals surface area contributed by atoms with Crippen molar-refractivity contribution < 1.29 is 19.2 Å². The van der Waals surface area contributed by atoms with Crippen molar-refractivity contribution in [2.24, 2.45) is 5.41 Å². The number of likely N-dealkylation sites (tertiary alicyclic amines) is 1. The van der Waals surface area contributed by atoms with E-state index < -0.39 is 5.41 Å². The van der Waals surface area contributed by atoms with Gasteiger partial charge in [-0.2, -0.15) is 0 Å². The second-order valence-corrected chi connectivity index (χ2v) is 6.85. The molecule has 3 amide bonds. The van der Waals surface area contributed by atoms with Crippen molar-refractivity contribution in [2.75, 3.05) is 11.9 Å². The lowest BCUT2D eigenvalue weighted by Gasteiger charge is -2.20. The number of ketones is 1. The lowest BCUT2D eigenvalue weighted by Crippen LogP contribution is -2.38. The van der Waals surface area contributed by atoms with E-state index in [1.807, 2.05) is 0 Å². The maximum absolute atomic E-state index is 12.6. The summed E-state index contributed by atoms with van der Waals surface area (Å²) in [5, 5.41) is 2.71. The Hall–Kier alpha value is -2.50. The number of imide groups is 1. The summed E-state index contributed by atoms with van der Waals surface area (Å²) in [6.07, 6.45) is 4.03. The molecule has 6 nitrogen and oxygen atoms in total. The van der Waals surface area contributed by atoms with Gasteiger partial charge < -0.3 is 5.32 Å². The zero-order valence-electron chi connectivity index (χ0n) is 14.3. The summed E-state index contributed by atoms with van der Waals surface area (Å²) in [7, 11) is 0. The van der Waals surface area contributed by atoms with E-state index in [1.54, 1.807) is 31.2 Å². The second-order valence-electron chi connectivity index (χ2n) is 6.85. The molecule has 1 aromatic rings. The van der Waals surface area contributed by atoms with E-state index in [0.717, 1.165) is 30.6 Å². The molecule has 1 aromatic carbocycles. The van der Waals surface area contributed by atoms with Crippen molar-refractivity contribution in [2.45, 2.75) is 45.4 Å². The number of Topliss-reactive ketones (excluding diaryl/α,β-unsaturated/α-hetero) is 1. The van der Waals surface area contributed by atoms with E-state index in [-0.39, 0.29) is 36.5 Å². The number of hydrogen-bond acceptors (Lipinski definition) is 4. The molecule has 0 radical (unpaired) electrons. The lowest BCUT2D eigenvalue weighted by molar-refractivity contribution is -0.140. The molecular weight excluding hydrogens is 320 g/mol. The molecule has 0 aromatic heterocycles. The standard InChI is InChI=1S/C19H22N2O4/c1-2-16(23)20-14-7-5-13(6-8-14)15(22)12-21-17(24)11-19(18(21)25)9-3-4-10-19/h5-8H,2-4,9-12H2,1H3,(H,20,23). The van der Waals surface area contributed by atoms with Crippen LogP contribution in [0.1, 0.15) is 55.8 Å². The summed E-state index contributed by atoms with van der Waals surface area (Å²) >= 11 is 0. The highest BCUT2D eigenvalue weighted by Gasteiger charge is 2.52. The topological polar surface area (TPSA) is 83.6 Å². The van der Waals surface area contributed by atoms with E-state index in [9.17, 15) is 19.2 Å². The van der Waals surface area contributed by atoms with Crippen molar-refractivity contribution in [3.63, 3.8) is 0 Å². The lowest BCUT2D eigenvalue weighted by atomic mass is 9.84. The van der Waals surface area contributed by atoms with Crippen LogP contribution in [0.3, 0.4) is 0 Å². The van der Waals surface area contributed by atoms with Crippen LogP contribution in [0.5, 0.6) is 0 Å². The molecule has 1 spiro atoms. The fourth-order valence-electron chi connectivity index (χ4n) is 3.69. The first-order chi connectivity index (χ1) is 11.9. The largest absolute Gasteiger partial charge is 0.326 e. The van der Waals surface area contributed by atoms with Crippen LogP contribution in [-0.2, 0) is 14.4 Å². The Morgan fingerprint density at radius 2 is 1.76 bits per heavy atom. The van der Waals surface area contributed by atoms with Crippen molar-refractivity contribution in [1.82, 2.24) is 4.90 Å². The normalized spacial score (nSPS) is 18.8. The number of carbonyl (C=O) groups is 4. The van der Waals surface area contributed by atoms with Crippen LogP contribution in [0.4, 0.5) is 5.69 Å². The van der Waals surface area contributed by atoms with Crippen LogP contribution in [-0.4, -0.2) is 34.9 Å². The van der Waals surface area contributed by atoms with Gasteiger partial charge in [0.05, 0.1) is 12.0 Å². The molecule has 0 unspecified atom stereocenters. The monoisotopic (exact) mass is 342 g/mol. The Labute approximate surface area is 146 Å². The Morgan fingerprint density at radius 3 is 2.36 bits per heavy atom. The van der Waals surface area contributed by atoms with E-state index in [0.29, 0.717) is 17.7 Å². The first kappa shape index (κ1) is 17.3. The van der Waals surface area contributed by atoms with Crippen LogP contribution in [0.2, 0.25) is 0 Å². The number of rotatable bonds is 5. The Kier molecular flexibility index (Phi) is 4.70. The SMILES string of the molecule is CCC(=O)Nc1ccc(C(=O)CN2C(=O)CC3(CCCC3)C2=O)cc1. The predicted molar refractivity (Wildman–Crippen MR) is 91.9 cm³/mol. The molecule has 1 aliphatic carbocycles. The van der Waals surface area contributed by atoms with Gasteiger partial charge in [-0.25, -0.2) is 0 Å². The molecular formula is C19H22N2O4. The predicted octanol–water partition coefficient (Wildman–Crippen LogP) is 2.54. The average Bonchev–Trinajstić information content (AvgIpc) is 3.16. The number of anilines is 1. The van der Waals surface area contributed by atoms with Gasteiger partial charge in [0.15, 0.2) is 5.78 Å². The molecule has 2 aliphatic rings. The van der Waals surface area contributed by atoms with Gasteiger partial charge in [0.2, 0.25) is 17.7 Å². The molecule has 2 fully saturated rings. The van der Waals surface area contributed by atoms with Gasteiger partial charge in [-0.3, -0.25) is 24.1 Å². The van der Waals surface area contributed by atoms with E-state index in [4.69, 9.17) is 0 Å². The first-order valence-corrected chi connectivity index (χ1v) is 8.73. The molecule has 1 N–H and O–H groups in total. The fraction of sp³-hybridized carbons (Fsp3) is 0.474. The summed E-state index contributed by atoms with van der Waals surface area (Å²) < 4.78 is 0. The Morgan fingerprint density at radius 1 is 1.12 bits per heavy atom. The van der Waals surface area contributed by atoms with Crippen LogP contribution < -0.4 is 5.32 Å². The van der Waals surface area contributed by atoms with Gasteiger partial charge in [0, 0.05) is 24.1 Å². The maximum Gasteiger partial charge on any atom is 0.236 e. The summed E-state index contributed by atoms with van der Waals surface area (Å²) in [4.78, 5) is 49.8. The van der Waals surface area contributed by atoms with E-state index in [2.05, 4.69) is 5.32 Å². The van der Waals surface area contributed by atoms with Crippen LogP contribution in [0.25, 0.3) is 0 Å². The zero-order valence-corrected chi connectivity index (χ0v) is 14.3. The minimum atomic E-state index is -0.550. The van der Waals surface area contributed by atoms with Gasteiger partial charge in [-0.05, 0) is 37.1 Å². The number of hydrogen-bond donors (Lipinski definition) is 1. The Bertz CT molecular complexity index is 717. The van der Waals surface area contributed by atoms with Crippen molar-refractivity contribution in [3.05, 3.63) is 29.8 Å². The highest BCUT2D eigenvalue weighted by molar-refractivity contribution is 6.10. The third-order valence-corrected chi connectivity index (χ3v) is 5.16. The molecule has 1 aliphatic heterocycles. The summed E-state index contributed by atoms with van der Waals surface area (Å²) in [6.45, 7) is 1.55. The molecule has 25 heavy (non-hydrogen) atoms. The average molecular weight is 342 g/mol. The fourth-order valence-corrected chi connectivity index (χ4v) is 3.69. The summed E-state index contributed by atoms with van der Waals surface area (Å²) in [6, 6.07) is 6.49. The Balaban J connectivity index is 1.67. The minimum Gasteiger partial charge on any atom is -0.326 e. The molecule has 1 saturated heterocycles. The highest BCUT2D eigenvalue weighted by Crippen LogP contribution is 2.46. The van der Waals surface area contributed by atoms with Gasteiger partial charge >= 0.3 is 0 Å². The second kappa shape index (κ2) is 6.78. The van der Waals surface area contributed by atoms with Gasteiger partial charge in [-0.1, -0.05) is 19.8 Å². The van der Waals surface area contributed by atoms with Crippen molar-refractivity contribution >= 4 is 29.2 Å². The number of nitrogens with one attached hydrogen (secondary N) is 1. The number of benzene rings is 1. The zero-order chi connectivity index (χ0) is 18.0. The molecule has 3 rings (SSSR count). The van der Waals surface area contributed by atoms with Crippen LogP contribution in [0.15, 0.2) is 24.3 Å². The van der Waals surface area contributed by atoms with E-state index in [1.165, 1.54) is 0 Å². The van der Waals surface area contributed by atoms with Crippen molar-refractivity contribution in [3.8, 4) is 0 Å². The number of nitrogens with zero attached hydrogens (tertiary/aromatic N) is 1. The molecule has 6 heteroatoms. The number of amides is 3. The maximum atomic E-state index is 12.6. The quantitative estimate of drug-likeness (QED) is 0.658. The first-order valence-electron chi connectivity index (χ1n) is 8.73. The molecule has 0 atom stereocenters. The highest BCUT2D eigenvalue weighted by atomic mass is 16.2. The van der Waals surface area contributed by atoms with Crippen LogP contribution in [0, 0.1) is 5.41 Å². The van der Waals surface area contributed by atoms with Gasteiger partial charge in [0.25, 0.3) is 0 Å². The van der Waals surface area contributed by atoms with Gasteiger partial charge in [0.1, 0.15) is 0 Å². The summed E-state index contributed by atoms with van der Waals surface area (Å²) in [5.74, 6) is -0.804. The smallest absolute Gasteiger partial charge is 0.236 e. The van der Waals surface area contributed by atoms with Gasteiger partial charge in [-0.15, -0.1) is 0 Å². The third kappa shape index (κ3) is 3.34. The summed E-state index contributed by atoms with van der Waals surface area (Å²) in [5.41, 5.74) is 0.482. The molecule has 132 valence electrons. The third-order valence-electron chi connectivity index (χ3n) is 5.16. The van der Waals surface area contributed by atoms with E-state index >= 15 is 0 Å². The minimum absolute atomic E-state index is 0.103. The molecule has 0 bridgehead atoms. The van der Waals surface area contributed by atoms with Crippen molar-refractivity contribution in [1.29, 1.82) is 0 Å².